The molecule has 2 saturated heterocycles. The summed E-state index contributed by atoms with van der Waals surface area (Å²) >= 11 is 0. The van der Waals surface area contributed by atoms with Crippen LogP contribution in [0.3, 0.4) is 0 Å². The number of rotatable bonds is 3. The van der Waals surface area contributed by atoms with Crippen molar-refractivity contribution in [3.8, 4) is 5.75 Å². The van der Waals surface area contributed by atoms with Crippen LogP contribution < -0.4 is 10.1 Å². The molecule has 0 atom stereocenters. The average molecular weight is 291 g/mol. The number of hydrogen-bond acceptors (Lipinski definition) is 4. The lowest BCUT2D eigenvalue weighted by atomic mass is 10.1. The van der Waals surface area contributed by atoms with Gasteiger partial charge in [0.2, 0.25) is 0 Å². The summed E-state index contributed by atoms with van der Waals surface area (Å²) in [5.41, 5.74) is 0.788. The predicted molar refractivity (Wildman–Crippen MR) is 79.8 cm³/mol. The zero-order valence-electron chi connectivity index (χ0n) is 12.2. The molecule has 6 nitrogen and oxygen atoms in total. The zero-order chi connectivity index (χ0) is 14.7. The summed E-state index contributed by atoms with van der Waals surface area (Å²) in [4.78, 5) is 16.4. The topological polar surface area (TPSA) is 54.0 Å². The van der Waals surface area contributed by atoms with Crippen LogP contribution in [0.1, 0.15) is 0 Å². The third-order valence-corrected chi connectivity index (χ3v) is 4.05. The van der Waals surface area contributed by atoms with E-state index in [2.05, 4.69) is 10.2 Å². The fourth-order valence-corrected chi connectivity index (χ4v) is 2.67. The molecule has 2 aliphatic heterocycles. The van der Waals surface area contributed by atoms with E-state index in [1.54, 1.807) is 7.11 Å². The molecule has 114 valence electrons. The highest BCUT2D eigenvalue weighted by Crippen LogP contribution is 2.19. The summed E-state index contributed by atoms with van der Waals surface area (Å²) in [6.45, 7) is 5.13. The third kappa shape index (κ3) is 3.28. The second-order valence-corrected chi connectivity index (χ2v) is 5.37. The van der Waals surface area contributed by atoms with Crippen molar-refractivity contribution in [2.75, 3.05) is 51.8 Å². The number of methoxy groups -OCH3 is 1. The molecule has 0 spiro atoms. The Labute approximate surface area is 124 Å². The molecule has 1 N–H and O–H groups in total. The molecule has 2 heterocycles. The van der Waals surface area contributed by atoms with Gasteiger partial charge in [0.1, 0.15) is 5.75 Å². The minimum absolute atomic E-state index is 0.0373. The van der Waals surface area contributed by atoms with Gasteiger partial charge in [0.25, 0.3) is 0 Å². The minimum Gasteiger partial charge on any atom is -0.497 e. The summed E-state index contributed by atoms with van der Waals surface area (Å²) in [5, 5.41) is 2.91. The van der Waals surface area contributed by atoms with Crippen molar-refractivity contribution in [3.63, 3.8) is 0 Å². The first kappa shape index (κ1) is 14.2. The van der Waals surface area contributed by atoms with E-state index in [9.17, 15) is 4.79 Å². The standard InChI is InChI=1S/C15H21N3O3/c1-20-14-4-2-12(3-5-14)16-15(19)18-10-13(11-18)17-6-8-21-9-7-17/h2-5,13H,6-11H2,1H3,(H,16,19). The lowest BCUT2D eigenvalue weighted by molar-refractivity contribution is -0.0189. The van der Waals surface area contributed by atoms with Crippen molar-refractivity contribution in [2.45, 2.75) is 6.04 Å². The second-order valence-electron chi connectivity index (χ2n) is 5.37. The summed E-state index contributed by atoms with van der Waals surface area (Å²) in [6, 6.07) is 7.80. The Kier molecular flexibility index (Phi) is 4.26. The number of carbonyl (C=O) groups excluding carboxylic acids is 1. The molecular weight excluding hydrogens is 270 g/mol. The Hall–Kier alpha value is -1.79. The first-order valence-electron chi connectivity index (χ1n) is 7.28. The van der Waals surface area contributed by atoms with E-state index < -0.39 is 0 Å². The second kappa shape index (κ2) is 6.32. The van der Waals surface area contributed by atoms with Gasteiger partial charge in [-0.3, -0.25) is 4.90 Å². The Morgan fingerprint density at radius 3 is 2.52 bits per heavy atom. The molecule has 2 fully saturated rings. The maximum Gasteiger partial charge on any atom is 0.321 e. The molecular formula is C15H21N3O3. The van der Waals surface area contributed by atoms with Gasteiger partial charge in [0, 0.05) is 37.9 Å². The van der Waals surface area contributed by atoms with Gasteiger partial charge < -0.3 is 19.7 Å². The predicted octanol–water partition coefficient (Wildman–Crippen LogP) is 1.24. The fraction of sp³-hybridized carbons (Fsp3) is 0.533. The lowest BCUT2D eigenvalue weighted by Gasteiger charge is -2.46. The molecule has 21 heavy (non-hydrogen) atoms. The molecule has 1 aromatic carbocycles. The van der Waals surface area contributed by atoms with Crippen molar-refractivity contribution in [3.05, 3.63) is 24.3 Å². The summed E-state index contributed by atoms with van der Waals surface area (Å²) in [6.07, 6.45) is 0. The number of benzene rings is 1. The Balaban J connectivity index is 1.46. The van der Waals surface area contributed by atoms with Crippen molar-refractivity contribution in [1.82, 2.24) is 9.80 Å². The first-order valence-corrected chi connectivity index (χ1v) is 7.28. The van der Waals surface area contributed by atoms with E-state index in [1.165, 1.54) is 0 Å². The minimum atomic E-state index is -0.0373. The van der Waals surface area contributed by atoms with E-state index >= 15 is 0 Å². The van der Waals surface area contributed by atoms with Gasteiger partial charge in [0.15, 0.2) is 0 Å². The smallest absolute Gasteiger partial charge is 0.321 e. The van der Waals surface area contributed by atoms with Gasteiger partial charge in [-0.1, -0.05) is 0 Å². The number of likely N-dealkylation sites (tertiary alicyclic amines) is 1. The number of ether oxygens (including phenoxy) is 2. The Bertz CT molecular complexity index is 479. The number of amides is 2. The largest absolute Gasteiger partial charge is 0.497 e. The molecule has 3 rings (SSSR count). The van der Waals surface area contributed by atoms with Crippen LogP contribution in [-0.2, 0) is 4.74 Å². The molecule has 1 aromatic rings. The maximum atomic E-state index is 12.1. The van der Waals surface area contributed by atoms with E-state index in [1.807, 2.05) is 29.2 Å². The maximum absolute atomic E-state index is 12.1. The SMILES string of the molecule is COc1ccc(NC(=O)N2CC(N3CCOCC3)C2)cc1. The van der Waals surface area contributed by atoms with Gasteiger partial charge in [-0.15, -0.1) is 0 Å². The zero-order valence-corrected chi connectivity index (χ0v) is 12.2. The van der Waals surface area contributed by atoms with E-state index in [0.29, 0.717) is 6.04 Å². The van der Waals surface area contributed by atoms with Crippen LogP contribution >= 0.6 is 0 Å². The van der Waals surface area contributed by atoms with Crippen LogP contribution in [0.5, 0.6) is 5.75 Å². The normalized spacial score (nSPS) is 20.0. The molecule has 0 saturated carbocycles. The van der Waals surface area contributed by atoms with Crippen molar-refractivity contribution in [2.24, 2.45) is 0 Å². The molecule has 0 aliphatic carbocycles. The number of nitrogens with one attached hydrogen (secondary N) is 1. The van der Waals surface area contributed by atoms with Crippen molar-refractivity contribution in [1.29, 1.82) is 0 Å². The highest BCUT2D eigenvalue weighted by molar-refractivity contribution is 5.90. The van der Waals surface area contributed by atoms with Gasteiger partial charge in [-0.05, 0) is 24.3 Å². The van der Waals surface area contributed by atoms with Crippen molar-refractivity contribution >= 4 is 11.7 Å². The Morgan fingerprint density at radius 1 is 1.24 bits per heavy atom. The highest BCUT2D eigenvalue weighted by atomic mass is 16.5. The van der Waals surface area contributed by atoms with Gasteiger partial charge >= 0.3 is 6.03 Å². The van der Waals surface area contributed by atoms with E-state index in [0.717, 1.165) is 50.8 Å². The summed E-state index contributed by atoms with van der Waals surface area (Å²) in [7, 11) is 1.62. The highest BCUT2D eigenvalue weighted by Gasteiger charge is 2.35. The van der Waals surface area contributed by atoms with Crippen LogP contribution in [0.15, 0.2) is 24.3 Å². The average Bonchev–Trinajstić information content (AvgIpc) is 2.47. The van der Waals surface area contributed by atoms with Gasteiger partial charge in [-0.2, -0.15) is 0 Å². The van der Waals surface area contributed by atoms with Gasteiger partial charge in [0.05, 0.1) is 20.3 Å². The van der Waals surface area contributed by atoms with Crippen molar-refractivity contribution < 1.29 is 14.3 Å². The van der Waals surface area contributed by atoms with Crippen LogP contribution in [0.25, 0.3) is 0 Å². The van der Waals surface area contributed by atoms with E-state index in [4.69, 9.17) is 9.47 Å². The first-order chi connectivity index (χ1) is 10.3. The molecule has 6 heteroatoms. The fourth-order valence-electron chi connectivity index (χ4n) is 2.67. The molecule has 2 aliphatic rings. The molecule has 0 aromatic heterocycles. The monoisotopic (exact) mass is 291 g/mol. The lowest BCUT2D eigenvalue weighted by Crippen LogP contribution is -2.63. The molecule has 0 unspecified atom stereocenters. The number of morpholine rings is 1. The third-order valence-electron chi connectivity index (χ3n) is 4.05. The number of hydrogen-bond donors (Lipinski definition) is 1. The molecule has 2 amide bonds. The number of anilines is 1. The number of carbonyl (C=O) groups is 1. The molecule has 0 radical (unpaired) electrons. The molecule has 0 bridgehead atoms. The van der Waals surface area contributed by atoms with Gasteiger partial charge in [-0.25, -0.2) is 4.79 Å². The van der Waals surface area contributed by atoms with Crippen LogP contribution in [0.2, 0.25) is 0 Å². The van der Waals surface area contributed by atoms with Crippen LogP contribution in [-0.4, -0.2) is 68.4 Å². The van der Waals surface area contributed by atoms with E-state index in [-0.39, 0.29) is 6.03 Å². The van der Waals surface area contributed by atoms with Crippen LogP contribution in [0.4, 0.5) is 10.5 Å². The number of nitrogens with zero attached hydrogens (tertiary/aromatic N) is 2. The number of urea groups is 1. The summed E-state index contributed by atoms with van der Waals surface area (Å²) < 4.78 is 10.4. The summed E-state index contributed by atoms with van der Waals surface area (Å²) in [5.74, 6) is 0.782. The quantitative estimate of drug-likeness (QED) is 0.910. The van der Waals surface area contributed by atoms with Crippen LogP contribution in [0, 0.1) is 0 Å². The Morgan fingerprint density at radius 2 is 1.90 bits per heavy atom.